The average Bonchev–Trinajstić information content (AvgIpc) is 3.00. The second kappa shape index (κ2) is 5.85. The van der Waals surface area contributed by atoms with Crippen LogP contribution in [0.15, 0.2) is 46.9 Å². The summed E-state index contributed by atoms with van der Waals surface area (Å²) >= 11 is 0. The SMILES string of the molecule is COc1nc(-c2ccc(N)cc2)cc(-c2ccc(C)o2)c1C#N. The molecule has 3 aromatic rings. The second-order valence-electron chi connectivity index (χ2n) is 5.08. The molecule has 114 valence electrons. The fourth-order valence-corrected chi connectivity index (χ4v) is 2.35. The Morgan fingerprint density at radius 3 is 2.48 bits per heavy atom. The van der Waals surface area contributed by atoms with Gasteiger partial charge in [0, 0.05) is 16.8 Å². The molecule has 0 saturated carbocycles. The minimum Gasteiger partial charge on any atom is -0.480 e. The molecule has 0 saturated heterocycles. The zero-order valence-electron chi connectivity index (χ0n) is 12.8. The van der Waals surface area contributed by atoms with E-state index in [4.69, 9.17) is 14.9 Å². The number of nitrogens with zero attached hydrogens (tertiary/aromatic N) is 2. The summed E-state index contributed by atoms with van der Waals surface area (Å²) in [5.74, 6) is 1.65. The highest BCUT2D eigenvalue weighted by Crippen LogP contribution is 2.34. The molecule has 2 aromatic heterocycles. The van der Waals surface area contributed by atoms with Crippen LogP contribution in [-0.2, 0) is 0 Å². The van der Waals surface area contributed by atoms with E-state index in [1.54, 1.807) is 12.1 Å². The first-order chi connectivity index (χ1) is 11.1. The maximum atomic E-state index is 9.47. The number of nitrogen functional groups attached to an aromatic ring is 1. The molecule has 2 heterocycles. The van der Waals surface area contributed by atoms with E-state index in [0.717, 1.165) is 11.3 Å². The smallest absolute Gasteiger partial charge is 0.232 e. The van der Waals surface area contributed by atoms with Crippen molar-refractivity contribution in [3.05, 3.63) is 53.8 Å². The first-order valence-electron chi connectivity index (χ1n) is 7.04. The van der Waals surface area contributed by atoms with Crippen LogP contribution in [0.3, 0.4) is 0 Å². The molecular weight excluding hydrogens is 290 g/mol. The topological polar surface area (TPSA) is 85.1 Å². The van der Waals surface area contributed by atoms with Crippen molar-refractivity contribution in [2.75, 3.05) is 12.8 Å². The van der Waals surface area contributed by atoms with E-state index in [1.165, 1.54) is 7.11 Å². The highest BCUT2D eigenvalue weighted by Gasteiger charge is 2.17. The molecular formula is C18H15N3O2. The third kappa shape index (κ3) is 2.74. The van der Waals surface area contributed by atoms with E-state index in [-0.39, 0.29) is 5.88 Å². The van der Waals surface area contributed by atoms with Gasteiger partial charge in [-0.3, -0.25) is 0 Å². The number of hydrogen-bond donors (Lipinski definition) is 1. The Hall–Kier alpha value is -3.26. The van der Waals surface area contributed by atoms with Crippen LogP contribution in [-0.4, -0.2) is 12.1 Å². The van der Waals surface area contributed by atoms with Crippen molar-refractivity contribution >= 4 is 5.69 Å². The Balaban J connectivity index is 2.23. The van der Waals surface area contributed by atoms with Gasteiger partial charge < -0.3 is 14.9 Å². The summed E-state index contributed by atoms with van der Waals surface area (Å²) in [4.78, 5) is 4.43. The van der Waals surface area contributed by atoms with Crippen molar-refractivity contribution in [1.82, 2.24) is 4.98 Å². The molecule has 1 aromatic carbocycles. The molecule has 5 heteroatoms. The number of furan rings is 1. The molecule has 0 aliphatic heterocycles. The van der Waals surface area contributed by atoms with Gasteiger partial charge in [0.25, 0.3) is 0 Å². The fraction of sp³-hybridized carbons (Fsp3) is 0.111. The van der Waals surface area contributed by atoms with Crippen LogP contribution >= 0.6 is 0 Å². The van der Waals surface area contributed by atoms with E-state index >= 15 is 0 Å². The van der Waals surface area contributed by atoms with E-state index in [0.29, 0.717) is 28.3 Å². The molecule has 0 fully saturated rings. The Kier molecular flexibility index (Phi) is 3.73. The van der Waals surface area contributed by atoms with Crippen molar-refractivity contribution in [2.24, 2.45) is 0 Å². The Morgan fingerprint density at radius 1 is 1.17 bits per heavy atom. The van der Waals surface area contributed by atoms with Crippen LogP contribution in [0.25, 0.3) is 22.6 Å². The first kappa shape index (κ1) is 14.7. The summed E-state index contributed by atoms with van der Waals surface area (Å²) < 4.78 is 11.0. The lowest BCUT2D eigenvalue weighted by Crippen LogP contribution is -1.97. The third-order valence-electron chi connectivity index (χ3n) is 3.50. The molecule has 2 N–H and O–H groups in total. The Morgan fingerprint density at radius 2 is 1.91 bits per heavy atom. The maximum absolute atomic E-state index is 9.47. The van der Waals surface area contributed by atoms with Crippen molar-refractivity contribution in [3.8, 4) is 34.5 Å². The number of methoxy groups -OCH3 is 1. The van der Waals surface area contributed by atoms with Gasteiger partial charge in [0.1, 0.15) is 23.2 Å². The molecule has 0 unspecified atom stereocenters. The van der Waals surface area contributed by atoms with Gasteiger partial charge in [0.15, 0.2) is 0 Å². The normalized spacial score (nSPS) is 10.3. The zero-order valence-corrected chi connectivity index (χ0v) is 12.8. The highest BCUT2D eigenvalue weighted by atomic mass is 16.5. The number of rotatable bonds is 3. The van der Waals surface area contributed by atoms with Gasteiger partial charge in [-0.1, -0.05) is 12.1 Å². The lowest BCUT2D eigenvalue weighted by atomic mass is 10.0. The molecule has 5 nitrogen and oxygen atoms in total. The van der Waals surface area contributed by atoms with E-state index in [1.807, 2.05) is 37.3 Å². The zero-order chi connectivity index (χ0) is 16.4. The number of anilines is 1. The fourth-order valence-electron chi connectivity index (χ4n) is 2.35. The molecule has 0 atom stereocenters. The van der Waals surface area contributed by atoms with Gasteiger partial charge in [0.05, 0.1) is 12.8 Å². The van der Waals surface area contributed by atoms with Crippen LogP contribution in [0.4, 0.5) is 5.69 Å². The number of hydrogen-bond acceptors (Lipinski definition) is 5. The van der Waals surface area contributed by atoms with E-state index in [2.05, 4.69) is 11.1 Å². The minimum absolute atomic E-state index is 0.269. The number of nitrogens with two attached hydrogens (primary N) is 1. The summed E-state index contributed by atoms with van der Waals surface area (Å²) in [7, 11) is 1.49. The largest absolute Gasteiger partial charge is 0.480 e. The standard InChI is InChI=1S/C18H15N3O2/c1-11-3-8-17(23-11)14-9-16(12-4-6-13(20)7-5-12)21-18(22-2)15(14)10-19/h3-9H,20H2,1-2H3. The van der Waals surface area contributed by atoms with Gasteiger partial charge in [-0.25, -0.2) is 4.98 Å². The predicted octanol–water partition coefficient (Wildman–Crippen LogP) is 3.78. The van der Waals surface area contributed by atoms with Gasteiger partial charge >= 0.3 is 0 Å². The van der Waals surface area contributed by atoms with Gasteiger partial charge in [-0.15, -0.1) is 0 Å². The van der Waals surface area contributed by atoms with E-state index < -0.39 is 0 Å². The number of aromatic nitrogens is 1. The summed E-state index contributed by atoms with van der Waals surface area (Å²) in [6.45, 7) is 1.86. The molecule has 0 radical (unpaired) electrons. The Bertz CT molecular complexity index is 890. The van der Waals surface area contributed by atoms with Gasteiger partial charge in [-0.05, 0) is 37.3 Å². The molecule has 0 aliphatic rings. The summed E-state index contributed by atoms with van der Waals surface area (Å²) in [6.07, 6.45) is 0. The quantitative estimate of drug-likeness (QED) is 0.744. The summed E-state index contributed by atoms with van der Waals surface area (Å²) in [5.41, 5.74) is 8.97. The number of nitriles is 1. The average molecular weight is 305 g/mol. The van der Waals surface area contributed by atoms with Gasteiger partial charge in [-0.2, -0.15) is 5.26 Å². The molecule has 0 amide bonds. The molecule has 0 aliphatic carbocycles. The maximum Gasteiger partial charge on any atom is 0.232 e. The molecule has 23 heavy (non-hydrogen) atoms. The Labute approximate surface area is 134 Å². The third-order valence-corrected chi connectivity index (χ3v) is 3.50. The molecule has 0 bridgehead atoms. The van der Waals surface area contributed by atoms with Crippen LogP contribution in [0, 0.1) is 18.3 Å². The summed E-state index contributed by atoms with van der Waals surface area (Å²) in [6, 6.07) is 15.0. The van der Waals surface area contributed by atoms with E-state index in [9.17, 15) is 5.26 Å². The van der Waals surface area contributed by atoms with Crippen LogP contribution in [0.2, 0.25) is 0 Å². The van der Waals surface area contributed by atoms with Crippen molar-refractivity contribution in [1.29, 1.82) is 5.26 Å². The van der Waals surface area contributed by atoms with Crippen molar-refractivity contribution < 1.29 is 9.15 Å². The van der Waals surface area contributed by atoms with Crippen LogP contribution in [0.1, 0.15) is 11.3 Å². The lowest BCUT2D eigenvalue weighted by molar-refractivity contribution is 0.397. The number of aryl methyl sites for hydroxylation is 1. The first-order valence-corrected chi connectivity index (χ1v) is 7.04. The lowest BCUT2D eigenvalue weighted by Gasteiger charge is -2.10. The second-order valence-corrected chi connectivity index (χ2v) is 5.08. The highest BCUT2D eigenvalue weighted by molar-refractivity contribution is 5.75. The number of ether oxygens (including phenoxy) is 1. The van der Waals surface area contributed by atoms with Crippen LogP contribution in [0.5, 0.6) is 5.88 Å². The summed E-state index contributed by atoms with van der Waals surface area (Å²) in [5, 5.41) is 9.47. The van der Waals surface area contributed by atoms with Gasteiger partial charge in [0.2, 0.25) is 5.88 Å². The molecule has 0 spiro atoms. The predicted molar refractivity (Wildman–Crippen MR) is 87.8 cm³/mol. The number of pyridine rings is 1. The van der Waals surface area contributed by atoms with Crippen LogP contribution < -0.4 is 10.5 Å². The number of benzene rings is 1. The van der Waals surface area contributed by atoms with Crippen molar-refractivity contribution in [3.63, 3.8) is 0 Å². The van der Waals surface area contributed by atoms with Crippen molar-refractivity contribution in [2.45, 2.75) is 6.92 Å². The molecule has 3 rings (SSSR count). The minimum atomic E-state index is 0.269. The monoisotopic (exact) mass is 305 g/mol.